The van der Waals surface area contributed by atoms with Gasteiger partial charge in [-0.1, -0.05) is 27.2 Å². The fourth-order valence-corrected chi connectivity index (χ4v) is 1.44. The molecule has 0 radical (unpaired) electrons. The molecule has 1 atom stereocenters. The molecule has 0 saturated carbocycles. The molecule has 0 fully saturated rings. The summed E-state index contributed by atoms with van der Waals surface area (Å²) in [6.07, 6.45) is 6.66. The molecule has 74 valence electrons. The first-order valence-corrected chi connectivity index (χ1v) is 5.08. The molecule has 0 aliphatic heterocycles. The summed E-state index contributed by atoms with van der Waals surface area (Å²) in [5, 5.41) is 4.18. The molecule has 13 heavy (non-hydrogen) atoms. The van der Waals surface area contributed by atoms with Crippen LogP contribution in [0.15, 0.2) is 12.4 Å². The van der Waals surface area contributed by atoms with E-state index in [4.69, 9.17) is 0 Å². The maximum atomic E-state index is 4.18. The van der Waals surface area contributed by atoms with E-state index < -0.39 is 0 Å². The smallest absolute Gasteiger partial charge is 0.0524 e. The number of nitrogens with zero attached hydrogens (tertiary/aromatic N) is 2. The molecule has 2 nitrogen and oxygen atoms in total. The van der Waals surface area contributed by atoms with Crippen LogP contribution in [-0.2, 0) is 7.05 Å². The molecule has 0 amide bonds. The molecular formula is C11H20N2. The van der Waals surface area contributed by atoms with E-state index in [1.54, 1.807) is 0 Å². The fourth-order valence-electron chi connectivity index (χ4n) is 1.44. The minimum atomic E-state index is 0.649. The molecule has 1 aromatic rings. The molecule has 1 aromatic heterocycles. The summed E-state index contributed by atoms with van der Waals surface area (Å²) < 4.78 is 1.88. The molecule has 0 saturated heterocycles. The molecule has 0 aromatic carbocycles. The summed E-state index contributed by atoms with van der Waals surface area (Å²) in [5.41, 5.74) is 1.36. The van der Waals surface area contributed by atoms with Gasteiger partial charge in [-0.25, -0.2) is 0 Å². The number of aromatic nitrogens is 2. The van der Waals surface area contributed by atoms with Crippen molar-refractivity contribution in [3.63, 3.8) is 0 Å². The third kappa shape index (κ3) is 3.21. The van der Waals surface area contributed by atoms with Crippen LogP contribution < -0.4 is 0 Å². The maximum absolute atomic E-state index is 4.18. The van der Waals surface area contributed by atoms with Crippen LogP contribution in [0.5, 0.6) is 0 Å². The monoisotopic (exact) mass is 180 g/mol. The Labute approximate surface area is 81.0 Å². The van der Waals surface area contributed by atoms with Crippen LogP contribution in [-0.4, -0.2) is 9.78 Å². The van der Waals surface area contributed by atoms with Gasteiger partial charge in [0.1, 0.15) is 0 Å². The maximum Gasteiger partial charge on any atom is 0.0524 e. The summed E-state index contributed by atoms with van der Waals surface area (Å²) in [5.74, 6) is 1.45. The van der Waals surface area contributed by atoms with Gasteiger partial charge in [0.25, 0.3) is 0 Å². The van der Waals surface area contributed by atoms with Gasteiger partial charge in [-0.05, 0) is 23.8 Å². The fraction of sp³-hybridized carbons (Fsp3) is 0.727. The molecule has 0 spiro atoms. The van der Waals surface area contributed by atoms with Gasteiger partial charge in [0.15, 0.2) is 0 Å². The van der Waals surface area contributed by atoms with Gasteiger partial charge < -0.3 is 0 Å². The Hall–Kier alpha value is -0.790. The van der Waals surface area contributed by atoms with Crippen molar-refractivity contribution in [3.05, 3.63) is 18.0 Å². The first kappa shape index (κ1) is 10.3. The largest absolute Gasteiger partial charge is 0.276 e. The van der Waals surface area contributed by atoms with Gasteiger partial charge in [0.2, 0.25) is 0 Å². The van der Waals surface area contributed by atoms with Gasteiger partial charge in [-0.15, -0.1) is 0 Å². The number of hydrogen-bond acceptors (Lipinski definition) is 1. The van der Waals surface area contributed by atoms with Gasteiger partial charge in [-0.3, -0.25) is 4.68 Å². The Morgan fingerprint density at radius 3 is 2.46 bits per heavy atom. The molecule has 0 aliphatic rings. The average Bonchev–Trinajstić information content (AvgIpc) is 2.47. The quantitative estimate of drug-likeness (QED) is 0.696. The normalized spacial score (nSPS) is 13.6. The predicted octanol–water partition coefficient (Wildman–Crippen LogP) is 2.96. The summed E-state index contributed by atoms with van der Waals surface area (Å²) in [7, 11) is 1.97. The highest BCUT2D eigenvalue weighted by Gasteiger charge is 2.07. The molecule has 1 unspecified atom stereocenters. The van der Waals surface area contributed by atoms with E-state index in [0.717, 1.165) is 5.92 Å². The Bertz CT molecular complexity index is 250. The lowest BCUT2D eigenvalue weighted by Gasteiger charge is -2.10. The third-order valence-electron chi connectivity index (χ3n) is 2.47. The molecule has 0 bridgehead atoms. The van der Waals surface area contributed by atoms with Crippen molar-refractivity contribution in [1.29, 1.82) is 0 Å². The number of rotatable bonds is 4. The van der Waals surface area contributed by atoms with Crippen molar-refractivity contribution < 1.29 is 0 Å². The first-order chi connectivity index (χ1) is 6.09. The minimum absolute atomic E-state index is 0.649. The minimum Gasteiger partial charge on any atom is -0.276 e. The van der Waals surface area contributed by atoms with Crippen LogP contribution in [0.3, 0.4) is 0 Å². The van der Waals surface area contributed by atoms with Crippen LogP contribution in [0.4, 0.5) is 0 Å². The number of hydrogen-bond donors (Lipinski definition) is 0. The molecule has 0 N–H and O–H groups in total. The third-order valence-corrected chi connectivity index (χ3v) is 2.47. The molecule has 1 heterocycles. The Kier molecular flexibility index (Phi) is 3.52. The SMILES string of the molecule is CC(C)CCC(C)c1cnn(C)c1. The van der Waals surface area contributed by atoms with E-state index in [9.17, 15) is 0 Å². The van der Waals surface area contributed by atoms with Crippen LogP contribution in [0.25, 0.3) is 0 Å². The zero-order valence-corrected chi connectivity index (χ0v) is 9.12. The second kappa shape index (κ2) is 4.45. The van der Waals surface area contributed by atoms with E-state index in [1.807, 2.05) is 17.9 Å². The topological polar surface area (TPSA) is 17.8 Å². The standard InChI is InChI=1S/C11H20N2/c1-9(2)5-6-10(3)11-7-12-13(4)8-11/h7-10H,5-6H2,1-4H3. The van der Waals surface area contributed by atoms with Crippen molar-refractivity contribution in [1.82, 2.24) is 9.78 Å². The molecular weight excluding hydrogens is 160 g/mol. The highest BCUT2D eigenvalue weighted by molar-refractivity contribution is 5.09. The summed E-state index contributed by atoms with van der Waals surface area (Å²) in [6.45, 7) is 6.82. The van der Waals surface area contributed by atoms with E-state index in [-0.39, 0.29) is 0 Å². The van der Waals surface area contributed by atoms with Gasteiger partial charge in [0.05, 0.1) is 6.20 Å². The van der Waals surface area contributed by atoms with Crippen LogP contribution in [0.2, 0.25) is 0 Å². The lowest BCUT2D eigenvalue weighted by molar-refractivity contribution is 0.517. The van der Waals surface area contributed by atoms with Crippen molar-refractivity contribution in [2.75, 3.05) is 0 Å². The second-order valence-electron chi connectivity index (χ2n) is 4.32. The molecule has 2 heteroatoms. The van der Waals surface area contributed by atoms with Gasteiger partial charge in [0, 0.05) is 13.2 Å². The van der Waals surface area contributed by atoms with E-state index in [1.165, 1.54) is 18.4 Å². The van der Waals surface area contributed by atoms with Crippen molar-refractivity contribution in [2.45, 2.75) is 39.5 Å². The van der Waals surface area contributed by atoms with Crippen LogP contribution >= 0.6 is 0 Å². The predicted molar refractivity (Wildman–Crippen MR) is 55.7 cm³/mol. The van der Waals surface area contributed by atoms with Crippen LogP contribution in [0.1, 0.15) is 45.1 Å². The van der Waals surface area contributed by atoms with Gasteiger partial charge >= 0.3 is 0 Å². The van der Waals surface area contributed by atoms with E-state index >= 15 is 0 Å². The summed E-state index contributed by atoms with van der Waals surface area (Å²) in [4.78, 5) is 0. The highest BCUT2D eigenvalue weighted by atomic mass is 15.2. The zero-order valence-electron chi connectivity index (χ0n) is 9.12. The lowest BCUT2D eigenvalue weighted by atomic mass is 9.95. The van der Waals surface area contributed by atoms with E-state index in [0.29, 0.717) is 5.92 Å². The molecule has 0 aliphatic carbocycles. The van der Waals surface area contributed by atoms with Crippen molar-refractivity contribution in [3.8, 4) is 0 Å². The Morgan fingerprint density at radius 2 is 2.00 bits per heavy atom. The first-order valence-electron chi connectivity index (χ1n) is 5.08. The summed E-state index contributed by atoms with van der Waals surface area (Å²) in [6, 6.07) is 0. The average molecular weight is 180 g/mol. The van der Waals surface area contributed by atoms with Crippen molar-refractivity contribution in [2.24, 2.45) is 13.0 Å². The van der Waals surface area contributed by atoms with Crippen LogP contribution in [0, 0.1) is 5.92 Å². The second-order valence-corrected chi connectivity index (χ2v) is 4.32. The van der Waals surface area contributed by atoms with Gasteiger partial charge in [-0.2, -0.15) is 5.10 Å². The zero-order chi connectivity index (χ0) is 9.84. The Balaban J connectivity index is 2.44. The highest BCUT2D eigenvalue weighted by Crippen LogP contribution is 2.21. The van der Waals surface area contributed by atoms with Crippen molar-refractivity contribution >= 4 is 0 Å². The lowest BCUT2D eigenvalue weighted by Crippen LogP contribution is -1.95. The van der Waals surface area contributed by atoms with E-state index in [2.05, 4.69) is 32.1 Å². The number of aryl methyl sites for hydroxylation is 1. The summed E-state index contributed by atoms with van der Waals surface area (Å²) >= 11 is 0. The Morgan fingerprint density at radius 1 is 1.31 bits per heavy atom. The molecule has 1 rings (SSSR count).